The zero-order chi connectivity index (χ0) is 17.0. The van der Waals surface area contributed by atoms with Crippen LogP contribution in [-0.4, -0.2) is 21.6 Å². The highest BCUT2D eigenvalue weighted by molar-refractivity contribution is 7.99. The lowest BCUT2D eigenvalue weighted by atomic mass is 10.2. The number of nitrogen functional groups attached to an aromatic ring is 2. The lowest BCUT2D eigenvalue weighted by Crippen LogP contribution is -2.15. The molecule has 0 aliphatic heterocycles. The second-order valence-corrected chi connectivity index (χ2v) is 5.36. The predicted molar refractivity (Wildman–Crippen MR) is 81.7 cm³/mol. The molecule has 10 heteroatoms. The minimum absolute atomic E-state index is 0.0541. The molecule has 2 aromatic rings. The number of benzene rings is 1. The Morgan fingerprint density at radius 2 is 1.83 bits per heavy atom. The van der Waals surface area contributed by atoms with Crippen molar-refractivity contribution in [2.45, 2.75) is 11.3 Å². The molecule has 5 N–H and O–H groups in total. The van der Waals surface area contributed by atoms with Gasteiger partial charge in [-0.25, -0.2) is 9.97 Å². The topological polar surface area (TPSA) is 107 Å². The molecule has 2 rings (SSSR count). The van der Waals surface area contributed by atoms with Crippen LogP contribution in [0.5, 0.6) is 0 Å². The Kier molecular flexibility index (Phi) is 4.94. The number of halogens is 3. The van der Waals surface area contributed by atoms with E-state index in [1.807, 2.05) is 0 Å². The molecule has 1 aromatic carbocycles. The molecule has 0 fully saturated rings. The van der Waals surface area contributed by atoms with Gasteiger partial charge < -0.3 is 16.8 Å². The van der Waals surface area contributed by atoms with E-state index in [0.717, 1.165) is 23.9 Å². The smallest absolute Gasteiger partial charge is 0.383 e. The fraction of sp³-hybridized carbons (Fsp3) is 0.154. The van der Waals surface area contributed by atoms with E-state index in [4.69, 9.17) is 11.5 Å². The number of alkyl halides is 3. The molecule has 0 atom stereocenters. The number of carbonyl (C=O) groups is 1. The van der Waals surface area contributed by atoms with E-state index in [-0.39, 0.29) is 28.2 Å². The van der Waals surface area contributed by atoms with Gasteiger partial charge in [-0.1, -0.05) is 17.8 Å². The van der Waals surface area contributed by atoms with Crippen molar-refractivity contribution < 1.29 is 18.0 Å². The third kappa shape index (κ3) is 5.02. The maximum Gasteiger partial charge on any atom is 0.416 e. The molecule has 0 spiro atoms. The van der Waals surface area contributed by atoms with Crippen LogP contribution in [0.3, 0.4) is 0 Å². The van der Waals surface area contributed by atoms with Crippen LogP contribution in [0.4, 0.5) is 30.5 Å². The highest BCUT2D eigenvalue weighted by atomic mass is 32.2. The van der Waals surface area contributed by atoms with Crippen LogP contribution in [0, 0.1) is 0 Å². The van der Waals surface area contributed by atoms with Gasteiger partial charge in [-0.2, -0.15) is 13.2 Å². The average molecular weight is 343 g/mol. The van der Waals surface area contributed by atoms with Crippen LogP contribution in [0.1, 0.15) is 5.56 Å². The van der Waals surface area contributed by atoms with Crippen LogP contribution in [0.2, 0.25) is 0 Å². The van der Waals surface area contributed by atoms with Gasteiger partial charge in [0, 0.05) is 11.8 Å². The SMILES string of the molecule is Nc1cc(N)nc(SCC(=O)Nc2cccc(C(F)(F)F)c2)n1. The third-order valence-electron chi connectivity index (χ3n) is 2.55. The Balaban J connectivity index is 1.97. The Labute approximate surface area is 133 Å². The summed E-state index contributed by atoms with van der Waals surface area (Å²) in [4.78, 5) is 19.5. The first-order chi connectivity index (χ1) is 10.7. The molecule has 0 radical (unpaired) electrons. The van der Waals surface area contributed by atoms with Gasteiger partial charge in [0.2, 0.25) is 5.91 Å². The quantitative estimate of drug-likeness (QED) is 0.581. The number of aromatic nitrogens is 2. The monoisotopic (exact) mass is 343 g/mol. The van der Waals surface area contributed by atoms with Crippen molar-refractivity contribution in [2.75, 3.05) is 22.5 Å². The molecule has 0 aliphatic rings. The van der Waals surface area contributed by atoms with Crippen LogP contribution in [-0.2, 0) is 11.0 Å². The molecule has 23 heavy (non-hydrogen) atoms. The highest BCUT2D eigenvalue weighted by Gasteiger charge is 2.30. The summed E-state index contributed by atoms with van der Waals surface area (Å²) >= 11 is 0.969. The van der Waals surface area contributed by atoms with Crippen molar-refractivity contribution in [3.8, 4) is 0 Å². The van der Waals surface area contributed by atoms with Gasteiger partial charge in [0.15, 0.2) is 5.16 Å². The van der Waals surface area contributed by atoms with E-state index in [2.05, 4.69) is 15.3 Å². The fourth-order valence-electron chi connectivity index (χ4n) is 1.63. The van der Waals surface area contributed by atoms with Gasteiger partial charge in [0.1, 0.15) is 11.6 Å². The van der Waals surface area contributed by atoms with Gasteiger partial charge in [-0.3, -0.25) is 4.79 Å². The van der Waals surface area contributed by atoms with Crippen molar-refractivity contribution in [3.05, 3.63) is 35.9 Å². The van der Waals surface area contributed by atoms with E-state index < -0.39 is 17.6 Å². The van der Waals surface area contributed by atoms with Crippen molar-refractivity contribution >= 4 is 35.0 Å². The lowest BCUT2D eigenvalue weighted by molar-refractivity contribution is -0.137. The summed E-state index contributed by atoms with van der Waals surface area (Å²) in [5.74, 6) is -0.269. The summed E-state index contributed by atoms with van der Waals surface area (Å²) < 4.78 is 37.8. The molecule has 0 unspecified atom stereocenters. The number of nitrogens with two attached hydrogens (primary N) is 2. The first-order valence-corrected chi connectivity index (χ1v) is 7.22. The van der Waals surface area contributed by atoms with E-state index in [1.54, 1.807) is 0 Å². The van der Waals surface area contributed by atoms with E-state index in [0.29, 0.717) is 0 Å². The number of nitrogens with one attached hydrogen (secondary N) is 1. The summed E-state index contributed by atoms with van der Waals surface area (Å²) in [5, 5.41) is 2.59. The number of anilines is 3. The van der Waals surface area contributed by atoms with Gasteiger partial charge in [0.25, 0.3) is 0 Å². The minimum atomic E-state index is -4.47. The zero-order valence-electron chi connectivity index (χ0n) is 11.6. The molecule has 0 saturated carbocycles. The van der Waals surface area contributed by atoms with Gasteiger partial charge in [0.05, 0.1) is 11.3 Å². The third-order valence-corrected chi connectivity index (χ3v) is 3.40. The van der Waals surface area contributed by atoms with Crippen molar-refractivity contribution in [2.24, 2.45) is 0 Å². The Hall–Kier alpha value is -2.49. The molecule has 1 aromatic heterocycles. The van der Waals surface area contributed by atoms with E-state index in [1.165, 1.54) is 18.2 Å². The van der Waals surface area contributed by atoms with E-state index >= 15 is 0 Å². The van der Waals surface area contributed by atoms with Gasteiger partial charge in [-0.05, 0) is 18.2 Å². The molecule has 6 nitrogen and oxygen atoms in total. The summed E-state index contributed by atoms with van der Waals surface area (Å²) in [6.07, 6.45) is -4.47. The molecule has 0 bridgehead atoms. The fourth-order valence-corrected chi connectivity index (χ4v) is 2.30. The Morgan fingerprint density at radius 3 is 2.43 bits per heavy atom. The van der Waals surface area contributed by atoms with Crippen molar-refractivity contribution in [3.63, 3.8) is 0 Å². The minimum Gasteiger partial charge on any atom is -0.383 e. The summed E-state index contributed by atoms with van der Waals surface area (Å²) in [6, 6.07) is 5.73. The number of thioether (sulfide) groups is 1. The number of hydrogen-bond acceptors (Lipinski definition) is 6. The first kappa shape index (κ1) is 16.9. The maximum atomic E-state index is 12.6. The molecular formula is C13H12F3N5OS. The lowest BCUT2D eigenvalue weighted by Gasteiger charge is -2.09. The van der Waals surface area contributed by atoms with Crippen LogP contribution in [0.25, 0.3) is 0 Å². The van der Waals surface area contributed by atoms with Crippen LogP contribution >= 0.6 is 11.8 Å². The van der Waals surface area contributed by atoms with Crippen LogP contribution < -0.4 is 16.8 Å². The van der Waals surface area contributed by atoms with Crippen LogP contribution in [0.15, 0.2) is 35.5 Å². The predicted octanol–water partition coefficient (Wildman–Crippen LogP) is 2.39. The average Bonchev–Trinajstić information content (AvgIpc) is 2.43. The molecule has 1 heterocycles. The summed E-state index contributed by atoms with van der Waals surface area (Å²) in [7, 11) is 0. The second-order valence-electron chi connectivity index (χ2n) is 4.42. The molecular weight excluding hydrogens is 331 g/mol. The standard InChI is InChI=1S/C13H12F3N5OS/c14-13(15,16)7-2-1-3-8(4-7)19-11(22)6-23-12-20-9(17)5-10(18)21-12/h1-5H,6H2,(H,19,22)(H4,17,18,20,21). The van der Waals surface area contributed by atoms with Crippen molar-refractivity contribution in [1.82, 2.24) is 9.97 Å². The number of hydrogen-bond donors (Lipinski definition) is 3. The molecule has 0 saturated heterocycles. The first-order valence-electron chi connectivity index (χ1n) is 6.24. The summed E-state index contributed by atoms with van der Waals surface area (Å²) in [5.41, 5.74) is 10.2. The molecule has 122 valence electrons. The number of nitrogens with zero attached hydrogens (tertiary/aromatic N) is 2. The number of amides is 1. The number of carbonyl (C=O) groups excluding carboxylic acids is 1. The molecule has 0 aliphatic carbocycles. The summed E-state index contributed by atoms with van der Waals surface area (Å²) in [6.45, 7) is 0. The second kappa shape index (κ2) is 6.73. The Bertz CT molecular complexity index is 703. The van der Waals surface area contributed by atoms with Gasteiger partial charge in [-0.15, -0.1) is 0 Å². The van der Waals surface area contributed by atoms with E-state index in [9.17, 15) is 18.0 Å². The normalized spacial score (nSPS) is 11.3. The zero-order valence-corrected chi connectivity index (χ0v) is 12.4. The highest BCUT2D eigenvalue weighted by Crippen LogP contribution is 2.30. The number of rotatable bonds is 4. The van der Waals surface area contributed by atoms with Crippen molar-refractivity contribution in [1.29, 1.82) is 0 Å². The maximum absolute atomic E-state index is 12.6. The Morgan fingerprint density at radius 1 is 1.17 bits per heavy atom. The van der Waals surface area contributed by atoms with Gasteiger partial charge >= 0.3 is 6.18 Å². The molecule has 1 amide bonds. The largest absolute Gasteiger partial charge is 0.416 e.